The number of aliphatic carboxylic acids is 1. The summed E-state index contributed by atoms with van der Waals surface area (Å²) in [6.07, 6.45) is 2.34. The molecule has 0 aliphatic rings. The standard InChI is InChI=1S/C11H12O4/c1-14-9-5-3-4-8(11(9)15-2)6-7-10(12)13/h3-7H,1-2H3,(H,12,13)/p-1/b7-6+. The van der Waals surface area contributed by atoms with Crippen molar-refractivity contribution in [1.82, 2.24) is 0 Å². The van der Waals surface area contributed by atoms with Crippen LogP contribution in [0.1, 0.15) is 5.56 Å². The van der Waals surface area contributed by atoms with E-state index in [2.05, 4.69) is 0 Å². The molecule has 0 bridgehead atoms. The van der Waals surface area contributed by atoms with Gasteiger partial charge >= 0.3 is 0 Å². The first-order chi connectivity index (χ1) is 7.19. The van der Waals surface area contributed by atoms with Crippen molar-refractivity contribution in [1.29, 1.82) is 0 Å². The van der Waals surface area contributed by atoms with E-state index in [1.165, 1.54) is 20.3 Å². The van der Waals surface area contributed by atoms with E-state index in [-0.39, 0.29) is 0 Å². The van der Waals surface area contributed by atoms with Crippen molar-refractivity contribution in [3.8, 4) is 11.5 Å². The Balaban J connectivity index is 3.11. The average molecular weight is 207 g/mol. The zero-order chi connectivity index (χ0) is 11.3. The highest BCUT2D eigenvalue weighted by molar-refractivity contribution is 5.84. The highest BCUT2D eigenvalue weighted by atomic mass is 16.5. The van der Waals surface area contributed by atoms with Gasteiger partial charge in [-0.2, -0.15) is 0 Å². The van der Waals surface area contributed by atoms with Crippen LogP contribution in [0, 0.1) is 0 Å². The van der Waals surface area contributed by atoms with Gasteiger partial charge in [-0.1, -0.05) is 12.1 Å². The van der Waals surface area contributed by atoms with Gasteiger partial charge in [-0.25, -0.2) is 0 Å². The summed E-state index contributed by atoms with van der Waals surface area (Å²) in [6.45, 7) is 0. The fraction of sp³-hybridized carbons (Fsp3) is 0.182. The van der Waals surface area contributed by atoms with E-state index in [4.69, 9.17) is 9.47 Å². The Bertz CT molecular complexity index is 382. The van der Waals surface area contributed by atoms with Gasteiger partial charge in [-0.3, -0.25) is 0 Å². The number of hydrogen-bond donors (Lipinski definition) is 0. The van der Waals surface area contributed by atoms with E-state index in [1.807, 2.05) is 0 Å². The topological polar surface area (TPSA) is 58.6 Å². The van der Waals surface area contributed by atoms with Crippen LogP contribution in [0.5, 0.6) is 11.5 Å². The number of carbonyl (C=O) groups is 1. The Morgan fingerprint density at radius 3 is 2.60 bits per heavy atom. The smallest absolute Gasteiger partial charge is 0.167 e. The minimum atomic E-state index is -1.25. The van der Waals surface area contributed by atoms with Gasteiger partial charge in [0.1, 0.15) is 0 Å². The molecule has 0 N–H and O–H groups in total. The molecule has 0 radical (unpaired) electrons. The van der Waals surface area contributed by atoms with Gasteiger partial charge in [0, 0.05) is 5.56 Å². The second kappa shape index (κ2) is 5.05. The molecule has 1 aromatic rings. The van der Waals surface area contributed by atoms with Crippen molar-refractivity contribution < 1.29 is 19.4 Å². The van der Waals surface area contributed by atoms with Crippen LogP contribution in [-0.2, 0) is 4.79 Å². The molecule has 0 aromatic heterocycles. The molecule has 0 saturated heterocycles. The number of carbonyl (C=O) groups excluding carboxylic acids is 1. The number of rotatable bonds is 4. The van der Waals surface area contributed by atoms with Crippen LogP contribution in [0.15, 0.2) is 24.3 Å². The third-order valence-electron chi connectivity index (χ3n) is 1.83. The maximum absolute atomic E-state index is 10.3. The van der Waals surface area contributed by atoms with E-state index in [9.17, 15) is 9.90 Å². The predicted molar refractivity (Wildman–Crippen MR) is 53.6 cm³/mol. The molecule has 0 saturated carbocycles. The van der Waals surface area contributed by atoms with Crippen molar-refractivity contribution in [3.05, 3.63) is 29.8 Å². The summed E-state index contributed by atoms with van der Waals surface area (Å²) in [5.41, 5.74) is 0.626. The molecule has 0 aliphatic carbocycles. The molecule has 1 aromatic carbocycles. The monoisotopic (exact) mass is 207 g/mol. The molecule has 0 fully saturated rings. The van der Waals surface area contributed by atoms with Gasteiger partial charge in [-0.15, -0.1) is 0 Å². The zero-order valence-electron chi connectivity index (χ0n) is 8.52. The highest BCUT2D eigenvalue weighted by Gasteiger charge is 2.05. The third kappa shape index (κ3) is 2.74. The normalized spacial score (nSPS) is 10.3. The van der Waals surface area contributed by atoms with Crippen LogP contribution in [0.25, 0.3) is 6.08 Å². The van der Waals surface area contributed by atoms with Crippen LogP contribution in [0.3, 0.4) is 0 Å². The second-order valence-corrected chi connectivity index (χ2v) is 2.74. The molecular weight excluding hydrogens is 196 g/mol. The first kappa shape index (κ1) is 11.1. The van der Waals surface area contributed by atoms with Gasteiger partial charge < -0.3 is 19.4 Å². The molecule has 0 atom stereocenters. The Labute approximate surface area is 87.7 Å². The largest absolute Gasteiger partial charge is 0.545 e. The molecule has 0 heterocycles. The fourth-order valence-corrected chi connectivity index (χ4v) is 1.20. The SMILES string of the molecule is COc1cccc(/C=C/C(=O)[O-])c1OC. The molecule has 1 rings (SSSR count). The Morgan fingerprint density at radius 2 is 2.07 bits per heavy atom. The number of carboxylic acid groups (broad SMARTS) is 1. The van der Waals surface area contributed by atoms with E-state index in [1.54, 1.807) is 18.2 Å². The van der Waals surface area contributed by atoms with Gasteiger partial charge in [0.15, 0.2) is 11.5 Å². The molecule has 0 spiro atoms. The summed E-state index contributed by atoms with van der Waals surface area (Å²) in [7, 11) is 3.01. The van der Waals surface area contributed by atoms with Gasteiger partial charge in [0.2, 0.25) is 0 Å². The number of para-hydroxylation sites is 1. The summed E-state index contributed by atoms with van der Waals surface area (Å²) < 4.78 is 10.2. The summed E-state index contributed by atoms with van der Waals surface area (Å²) >= 11 is 0. The maximum atomic E-state index is 10.3. The predicted octanol–water partition coefficient (Wildman–Crippen LogP) is 0.467. The minimum absolute atomic E-state index is 0.498. The lowest BCUT2D eigenvalue weighted by Crippen LogP contribution is -2.18. The van der Waals surface area contributed by atoms with E-state index in [0.717, 1.165) is 6.08 Å². The number of hydrogen-bond acceptors (Lipinski definition) is 4. The van der Waals surface area contributed by atoms with Gasteiger partial charge in [-0.05, 0) is 18.2 Å². The van der Waals surface area contributed by atoms with E-state index < -0.39 is 5.97 Å². The Kier molecular flexibility index (Phi) is 3.74. The molecule has 15 heavy (non-hydrogen) atoms. The minimum Gasteiger partial charge on any atom is -0.545 e. The van der Waals surface area contributed by atoms with Crippen LogP contribution in [0.2, 0.25) is 0 Å². The second-order valence-electron chi connectivity index (χ2n) is 2.74. The number of carboxylic acids is 1. The average Bonchev–Trinajstić information content (AvgIpc) is 2.25. The van der Waals surface area contributed by atoms with Crippen LogP contribution < -0.4 is 14.6 Å². The highest BCUT2D eigenvalue weighted by Crippen LogP contribution is 2.31. The summed E-state index contributed by atoms with van der Waals surface area (Å²) in [4.78, 5) is 10.3. The molecule has 80 valence electrons. The quantitative estimate of drug-likeness (QED) is 0.673. The third-order valence-corrected chi connectivity index (χ3v) is 1.83. The van der Waals surface area contributed by atoms with Gasteiger partial charge in [0.05, 0.1) is 20.2 Å². The van der Waals surface area contributed by atoms with Crippen LogP contribution >= 0.6 is 0 Å². The van der Waals surface area contributed by atoms with Crippen molar-refractivity contribution in [2.45, 2.75) is 0 Å². The first-order valence-electron chi connectivity index (χ1n) is 4.29. The molecular formula is C11H11O4-. The number of methoxy groups -OCH3 is 2. The van der Waals surface area contributed by atoms with E-state index in [0.29, 0.717) is 17.1 Å². The van der Waals surface area contributed by atoms with Crippen LogP contribution in [-0.4, -0.2) is 20.2 Å². The lowest BCUT2D eigenvalue weighted by atomic mass is 10.1. The lowest BCUT2D eigenvalue weighted by molar-refractivity contribution is -0.297. The van der Waals surface area contributed by atoms with E-state index >= 15 is 0 Å². The molecule has 4 nitrogen and oxygen atoms in total. The van der Waals surface area contributed by atoms with Crippen molar-refractivity contribution in [2.75, 3.05) is 14.2 Å². The summed E-state index contributed by atoms with van der Waals surface area (Å²) in [6, 6.07) is 5.20. The summed E-state index contributed by atoms with van der Waals surface area (Å²) in [5.74, 6) is -0.199. The molecule has 0 aliphatic heterocycles. The molecule has 4 heteroatoms. The van der Waals surface area contributed by atoms with Gasteiger partial charge in [0.25, 0.3) is 0 Å². The first-order valence-corrected chi connectivity index (χ1v) is 4.29. The Hall–Kier alpha value is -1.97. The molecule has 0 unspecified atom stereocenters. The number of benzene rings is 1. The fourth-order valence-electron chi connectivity index (χ4n) is 1.20. The lowest BCUT2D eigenvalue weighted by Gasteiger charge is -2.09. The zero-order valence-corrected chi connectivity index (χ0v) is 8.52. The van der Waals surface area contributed by atoms with Crippen molar-refractivity contribution in [2.24, 2.45) is 0 Å². The molecule has 0 amide bonds. The Morgan fingerprint density at radius 1 is 1.33 bits per heavy atom. The van der Waals surface area contributed by atoms with Crippen molar-refractivity contribution >= 4 is 12.0 Å². The van der Waals surface area contributed by atoms with Crippen molar-refractivity contribution in [3.63, 3.8) is 0 Å². The summed E-state index contributed by atoms with van der Waals surface area (Å²) in [5, 5.41) is 10.3. The maximum Gasteiger partial charge on any atom is 0.167 e. The van der Waals surface area contributed by atoms with Crippen LogP contribution in [0.4, 0.5) is 0 Å². The number of ether oxygens (including phenoxy) is 2.